The number of aromatic carboxylic acids is 1. The summed E-state index contributed by atoms with van der Waals surface area (Å²) in [5.74, 6) is -1.09. The van der Waals surface area contributed by atoms with Gasteiger partial charge in [-0.15, -0.1) is 0 Å². The van der Waals surface area contributed by atoms with Gasteiger partial charge in [0.2, 0.25) is 0 Å². The van der Waals surface area contributed by atoms with Crippen LogP contribution in [0.5, 0.6) is 0 Å². The Kier molecular flexibility index (Phi) is 3.76. The number of hydrogen-bond acceptors (Lipinski definition) is 2. The van der Waals surface area contributed by atoms with E-state index in [2.05, 4.69) is 6.92 Å². The van der Waals surface area contributed by atoms with Crippen LogP contribution in [0.2, 0.25) is 0 Å². The SMILES string of the molecule is CCc1ccc(C(=O)c2ccc(C(=O)O)cc2)cc1. The van der Waals surface area contributed by atoms with Crippen molar-refractivity contribution in [3.8, 4) is 0 Å². The van der Waals surface area contributed by atoms with Crippen molar-refractivity contribution < 1.29 is 14.7 Å². The van der Waals surface area contributed by atoms with E-state index in [1.54, 1.807) is 24.3 Å². The molecule has 0 saturated carbocycles. The van der Waals surface area contributed by atoms with Crippen LogP contribution in [0.3, 0.4) is 0 Å². The van der Waals surface area contributed by atoms with Gasteiger partial charge in [0.25, 0.3) is 0 Å². The maximum absolute atomic E-state index is 12.2. The van der Waals surface area contributed by atoms with Crippen molar-refractivity contribution >= 4 is 11.8 Å². The minimum Gasteiger partial charge on any atom is -0.478 e. The molecule has 0 heterocycles. The molecule has 2 rings (SSSR count). The highest BCUT2D eigenvalue weighted by atomic mass is 16.4. The number of hydrogen-bond donors (Lipinski definition) is 1. The number of carboxylic acid groups (broad SMARTS) is 1. The number of carbonyl (C=O) groups is 2. The van der Waals surface area contributed by atoms with E-state index in [9.17, 15) is 9.59 Å². The first kappa shape index (κ1) is 13.0. The van der Waals surface area contributed by atoms with Crippen molar-refractivity contribution in [2.45, 2.75) is 13.3 Å². The van der Waals surface area contributed by atoms with Crippen molar-refractivity contribution in [1.82, 2.24) is 0 Å². The van der Waals surface area contributed by atoms with Crippen molar-refractivity contribution in [1.29, 1.82) is 0 Å². The number of ketones is 1. The number of rotatable bonds is 4. The lowest BCUT2D eigenvalue weighted by molar-refractivity contribution is 0.0696. The highest BCUT2D eigenvalue weighted by Gasteiger charge is 2.10. The Morgan fingerprint density at radius 2 is 1.26 bits per heavy atom. The lowest BCUT2D eigenvalue weighted by Gasteiger charge is -2.03. The zero-order chi connectivity index (χ0) is 13.8. The third kappa shape index (κ3) is 2.88. The van der Waals surface area contributed by atoms with E-state index >= 15 is 0 Å². The molecule has 1 N–H and O–H groups in total. The number of carbonyl (C=O) groups excluding carboxylic acids is 1. The monoisotopic (exact) mass is 254 g/mol. The van der Waals surface area contributed by atoms with Gasteiger partial charge in [0.1, 0.15) is 0 Å². The lowest BCUT2D eigenvalue weighted by Crippen LogP contribution is -2.03. The summed E-state index contributed by atoms with van der Waals surface area (Å²) in [6, 6.07) is 13.4. The van der Waals surface area contributed by atoms with Crippen molar-refractivity contribution in [3.05, 3.63) is 70.8 Å². The van der Waals surface area contributed by atoms with Crippen LogP contribution < -0.4 is 0 Å². The number of aryl methyl sites for hydroxylation is 1. The molecule has 0 bridgehead atoms. The van der Waals surface area contributed by atoms with E-state index in [1.165, 1.54) is 17.7 Å². The molecule has 0 aliphatic rings. The van der Waals surface area contributed by atoms with Gasteiger partial charge in [-0.3, -0.25) is 4.79 Å². The summed E-state index contributed by atoms with van der Waals surface area (Å²) in [4.78, 5) is 22.9. The zero-order valence-corrected chi connectivity index (χ0v) is 10.6. The molecule has 19 heavy (non-hydrogen) atoms. The molecule has 0 spiro atoms. The smallest absolute Gasteiger partial charge is 0.335 e. The van der Waals surface area contributed by atoms with Crippen molar-refractivity contribution in [3.63, 3.8) is 0 Å². The predicted octanol–water partition coefficient (Wildman–Crippen LogP) is 3.18. The maximum atomic E-state index is 12.2. The van der Waals surface area contributed by atoms with Crippen molar-refractivity contribution in [2.75, 3.05) is 0 Å². The van der Waals surface area contributed by atoms with Gasteiger partial charge in [0, 0.05) is 11.1 Å². The van der Waals surface area contributed by atoms with Crippen LogP contribution >= 0.6 is 0 Å². The van der Waals surface area contributed by atoms with Crippen LogP contribution in [0.25, 0.3) is 0 Å². The van der Waals surface area contributed by atoms with Crippen LogP contribution in [-0.4, -0.2) is 16.9 Å². The number of benzene rings is 2. The fraction of sp³-hybridized carbons (Fsp3) is 0.125. The first-order chi connectivity index (χ1) is 9.11. The fourth-order valence-electron chi connectivity index (χ4n) is 1.82. The summed E-state index contributed by atoms with van der Waals surface area (Å²) in [5.41, 5.74) is 2.46. The highest BCUT2D eigenvalue weighted by molar-refractivity contribution is 6.09. The molecule has 3 nitrogen and oxygen atoms in total. The summed E-state index contributed by atoms with van der Waals surface area (Å²) < 4.78 is 0. The van der Waals surface area contributed by atoms with E-state index in [-0.39, 0.29) is 11.3 Å². The summed E-state index contributed by atoms with van der Waals surface area (Å²) in [6.07, 6.45) is 0.932. The lowest BCUT2D eigenvalue weighted by atomic mass is 10.0. The molecule has 0 aliphatic carbocycles. The molecule has 2 aromatic rings. The first-order valence-electron chi connectivity index (χ1n) is 6.09. The highest BCUT2D eigenvalue weighted by Crippen LogP contribution is 2.12. The predicted molar refractivity (Wildman–Crippen MR) is 72.7 cm³/mol. The molecule has 0 unspecified atom stereocenters. The second-order valence-electron chi connectivity index (χ2n) is 4.26. The molecule has 0 fully saturated rings. The standard InChI is InChI=1S/C16H14O3/c1-2-11-3-5-12(6-4-11)15(17)13-7-9-14(10-8-13)16(18)19/h3-10H,2H2,1H3,(H,18,19). The van der Waals surface area contributed by atoms with Crippen LogP contribution in [0, 0.1) is 0 Å². The molecule has 0 aromatic heterocycles. The average molecular weight is 254 g/mol. The molecule has 0 aliphatic heterocycles. The average Bonchev–Trinajstić information content (AvgIpc) is 2.46. The van der Waals surface area contributed by atoms with Gasteiger partial charge in [-0.1, -0.05) is 43.3 Å². The van der Waals surface area contributed by atoms with E-state index in [4.69, 9.17) is 5.11 Å². The van der Waals surface area contributed by atoms with Crippen LogP contribution in [0.4, 0.5) is 0 Å². The molecule has 0 amide bonds. The Morgan fingerprint density at radius 3 is 1.68 bits per heavy atom. The molecule has 0 atom stereocenters. The van der Waals surface area contributed by atoms with Crippen molar-refractivity contribution in [2.24, 2.45) is 0 Å². The van der Waals surface area contributed by atoms with Crippen LogP contribution in [0.15, 0.2) is 48.5 Å². The van der Waals surface area contributed by atoms with Gasteiger partial charge in [0.15, 0.2) is 5.78 Å². The normalized spacial score (nSPS) is 10.2. The Morgan fingerprint density at radius 1 is 0.842 bits per heavy atom. The Hall–Kier alpha value is -2.42. The summed E-state index contributed by atoms with van der Waals surface area (Å²) in [6.45, 7) is 2.06. The van der Waals surface area contributed by atoms with Gasteiger partial charge >= 0.3 is 5.97 Å². The Bertz CT molecular complexity index is 595. The first-order valence-corrected chi connectivity index (χ1v) is 6.09. The van der Waals surface area contributed by atoms with Gasteiger partial charge in [-0.25, -0.2) is 4.79 Å². The largest absolute Gasteiger partial charge is 0.478 e. The van der Waals surface area contributed by atoms with Gasteiger partial charge < -0.3 is 5.11 Å². The minimum absolute atomic E-state index is 0.0976. The molecule has 3 heteroatoms. The molecule has 96 valence electrons. The second-order valence-corrected chi connectivity index (χ2v) is 4.26. The van der Waals surface area contributed by atoms with Gasteiger partial charge in [0.05, 0.1) is 5.56 Å². The van der Waals surface area contributed by atoms with Gasteiger partial charge in [-0.2, -0.15) is 0 Å². The van der Waals surface area contributed by atoms with E-state index in [1.807, 2.05) is 12.1 Å². The van der Waals surface area contributed by atoms with E-state index in [0.717, 1.165) is 6.42 Å². The number of carboxylic acids is 1. The van der Waals surface area contributed by atoms with Crippen LogP contribution in [0.1, 0.15) is 38.8 Å². The van der Waals surface area contributed by atoms with Gasteiger partial charge in [-0.05, 0) is 24.1 Å². The fourth-order valence-corrected chi connectivity index (χ4v) is 1.82. The summed E-state index contributed by atoms with van der Waals surface area (Å²) in [7, 11) is 0. The topological polar surface area (TPSA) is 54.4 Å². The molecule has 2 aromatic carbocycles. The van der Waals surface area contributed by atoms with E-state index in [0.29, 0.717) is 11.1 Å². The third-order valence-electron chi connectivity index (χ3n) is 3.02. The molecular weight excluding hydrogens is 240 g/mol. The Labute approximate surface area is 111 Å². The third-order valence-corrected chi connectivity index (χ3v) is 3.02. The molecular formula is C16H14O3. The molecule has 0 saturated heterocycles. The quantitative estimate of drug-likeness (QED) is 0.852. The zero-order valence-electron chi connectivity index (χ0n) is 10.6. The summed E-state index contributed by atoms with van der Waals surface area (Å²) in [5, 5.41) is 8.80. The molecule has 0 radical (unpaired) electrons. The minimum atomic E-state index is -0.994. The van der Waals surface area contributed by atoms with Crippen LogP contribution in [-0.2, 0) is 6.42 Å². The maximum Gasteiger partial charge on any atom is 0.335 e. The van der Waals surface area contributed by atoms with E-state index < -0.39 is 5.97 Å². The summed E-state index contributed by atoms with van der Waals surface area (Å²) >= 11 is 0. The second kappa shape index (κ2) is 5.48. The Balaban J connectivity index is 2.25.